The molecule has 0 aliphatic carbocycles. The van der Waals surface area contributed by atoms with Gasteiger partial charge < -0.3 is 5.11 Å². The van der Waals surface area contributed by atoms with Crippen molar-refractivity contribution in [2.24, 2.45) is 5.41 Å². The second kappa shape index (κ2) is 5.70. The number of pyridine rings is 1. The largest absolute Gasteiger partial charge is 0.478 e. The summed E-state index contributed by atoms with van der Waals surface area (Å²) in [5.74, 6) is -0.920. The van der Waals surface area contributed by atoms with Crippen LogP contribution in [0.2, 0.25) is 0 Å². The van der Waals surface area contributed by atoms with Gasteiger partial charge in [0.05, 0.1) is 11.3 Å². The lowest BCUT2D eigenvalue weighted by Gasteiger charge is -2.26. The lowest BCUT2D eigenvalue weighted by molar-refractivity contribution is 0.0696. The highest BCUT2D eigenvalue weighted by Gasteiger charge is 2.34. The zero-order valence-corrected chi connectivity index (χ0v) is 11.7. The van der Waals surface area contributed by atoms with Crippen LogP contribution in [0.4, 0.5) is 0 Å². The summed E-state index contributed by atoms with van der Waals surface area (Å²) in [6, 6.07) is 3.45. The average Bonchev–Trinajstić information content (AvgIpc) is 2.83. The molecule has 104 valence electrons. The lowest BCUT2D eigenvalue weighted by atomic mass is 9.82. The van der Waals surface area contributed by atoms with Crippen molar-refractivity contribution in [2.45, 2.75) is 39.7 Å². The van der Waals surface area contributed by atoms with Crippen molar-refractivity contribution < 1.29 is 9.90 Å². The topological polar surface area (TPSA) is 53.4 Å². The smallest absolute Gasteiger partial charge is 0.337 e. The van der Waals surface area contributed by atoms with E-state index in [1.807, 2.05) is 6.07 Å². The van der Waals surface area contributed by atoms with Gasteiger partial charge in [-0.05, 0) is 43.4 Å². The van der Waals surface area contributed by atoms with Crippen LogP contribution in [0.25, 0.3) is 0 Å². The second-order valence-corrected chi connectivity index (χ2v) is 5.51. The van der Waals surface area contributed by atoms with Crippen molar-refractivity contribution >= 4 is 5.97 Å². The number of carboxylic acids is 1. The SMILES string of the molecule is CCC1(CC)CCN(Cc2ccc(C(=O)O)cn2)C1. The number of aromatic carboxylic acids is 1. The maximum Gasteiger partial charge on any atom is 0.337 e. The van der Waals surface area contributed by atoms with Crippen molar-refractivity contribution in [3.63, 3.8) is 0 Å². The molecule has 0 unspecified atom stereocenters. The first-order valence-electron chi connectivity index (χ1n) is 6.99. The molecule has 0 spiro atoms. The Morgan fingerprint density at radius 1 is 1.42 bits per heavy atom. The molecule has 1 fully saturated rings. The van der Waals surface area contributed by atoms with Gasteiger partial charge in [-0.1, -0.05) is 13.8 Å². The molecule has 0 atom stereocenters. The minimum atomic E-state index is -0.920. The van der Waals surface area contributed by atoms with E-state index in [-0.39, 0.29) is 5.56 Å². The Morgan fingerprint density at radius 2 is 2.16 bits per heavy atom. The zero-order valence-electron chi connectivity index (χ0n) is 11.7. The number of hydrogen-bond donors (Lipinski definition) is 1. The Hall–Kier alpha value is -1.42. The van der Waals surface area contributed by atoms with Crippen molar-refractivity contribution in [2.75, 3.05) is 13.1 Å². The minimum Gasteiger partial charge on any atom is -0.478 e. The summed E-state index contributed by atoms with van der Waals surface area (Å²) in [5.41, 5.74) is 1.68. The molecule has 4 nitrogen and oxygen atoms in total. The Bertz CT molecular complexity index is 438. The van der Waals surface area contributed by atoms with Gasteiger partial charge in [0, 0.05) is 19.3 Å². The number of likely N-dealkylation sites (tertiary alicyclic amines) is 1. The van der Waals surface area contributed by atoms with Gasteiger partial charge in [-0.25, -0.2) is 4.79 Å². The lowest BCUT2D eigenvalue weighted by Crippen LogP contribution is -2.26. The maximum atomic E-state index is 10.8. The molecular formula is C15H22N2O2. The Morgan fingerprint density at radius 3 is 2.63 bits per heavy atom. The Labute approximate surface area is 114 Å². The third-order valence-corrected chi connectivity index (χ3v) is 4.47. The van der Waals surface area contributed by atoms with E-state index in [0.717, 1.165) is 25.3 Å². The fraction of sp³-hybridized carbons (Fsp3) is 0.600. The molecular weight excluding hydrogens is 240 g/mol. The molecule has 1 aliphatic rings. The molecule has 0 aromatic carbocycles. The van der Waals surface area contributed by atoms with Crippen LogP contribution in [-0.4, -0.2) is 34.0 Å². The fourth-order valence-electron chi connectivity index (χ4n) is 2.86. The van der Waals surface area contributed by atoms with Gasteiger partial charge in [-0.3, -0.25) is 9.88 Å². The van der Waals surface area contributed by atoms with E-state index < -0.39 is 5.97 Å². The van der Waals surface area contributed by atoms with E-state index >= 15 is 0 Å². The molecule has 1 aromatic heterocycles. The summed E-state index contributed by atoms with van der Waals surface area (Å²) >= 11 is 0. The molecule has 0 saturated carbocycles. The predicted molar refractivity (Wildman–Crippen MR) is 74.1 cm³/mol. The van der Waals surface area contributed by atoms with Crippen LogP contribution in [0.15, 0.2) is 18.3 Å². The number of hydrogen-bond acceptors (Lipinski definition) is 3. The molecule has 0 amide bonds. The molecule has 1 aromatic rings. The minimum absolute atomic E-state index is 0.252. The third-order valence-electron chi connectivity index (χ3n) is 4.47. The number of nitrogens with zero attached hydrogens (tertiary/aromatic N) is 2. The first-order chi connectivity index (χ1) is 9.08. The highest BCUT2D eigenvalue weighted by molar-refractivity contribution is 5.87. The van der Waals surface area contributed by atoms with Gasteiger partial charge in [-0.2, -0.15) is 0 Å². The molecule has 4 heteroatoms. The summed E-state index contributed by atoms with van der Waals surface area (Å²) < 4.78 is 0. The quantitative estimate of drug-likeness (QED) is 0.886. The molecule has 19 heavy (non-hydrogen) atoms. The van der Waals surface area contributed by atoms with Crippen LogP contribution in [-0.2, 0) is 6.54 Å². The van der Waals surface area contributed by atoms with E-state index in [0.29, 0.717) is 5.41 Å². The van der Waals surface area contributed by atoms with Crippen LogP contribution in [0.5, 0.6) is 0 Å². The monoisotopic (exact) mass is 262 g/mol. The summed E-state index contributed by atoms with van der Waals surface area (Å²) in [6.07, 6.45) is 5.16. The first-order valence-corrected chi connectivity index (χ1v) is 6.99. The predicted octanol–water partition coefficient (Wildman–Crippen LogP) is 2.79. The number of rotatable bonds is 5. The van der Waals surface area contributed by atoms with Crippen molar-refractivity contribution in [3.05, 3.63) is 29.6 Å². The van der Waals surface area contributed by atoms with Gasteiger partial charge in [0.2, 0.25) is 0 Å². The van der Waals surface area contributed by atoms with Crippen molar-refractivity contribution in [3.8, 4) is 0 Å². The molecule has 1 aliphatic heterocycles. The molecule has 2 rings (SSSR count). The zero-order chi connectivity index (χ0) is 13.9. The first kappa shape index (κ1) is 14.0. The van der Waals surface area contributed by atoms with Gasteiger partial charge >= 0.3 is 5.97 Å². The molecule has 0 radical (unpaired) electrons. The van der Waals surface area contributed by atoms with Crippen molar-refractivity contribution in [1.29, 1.82) is 0 Å². The van der Waals surface area contributed by atoms with E-state index in [4.69, 9.17) is 5.11 Å². The van der Waals surface area contributed by atoms with Crippen LogP contribution < -0.4 is 0 Å². The van der Waals surface area contributed by atoms with Crippen LogP contribution in [0, 0.1) is 5.41 Å². The molecule has 0 bridgehead atoms. The highest BCUT2D eigenvalue weighted by atomic mass is 16.4. The van der Waals surface area contributed by atoms with Gasteiger partial charge in [0.25, 0.3) is 0 Å². The van der Waals surface area contributed by atoms with E-state index in [1.165, 1.54) is 25.5 Å². The molecule has 1 N–H and O–H groups in total. The summed E-state index contributed by atoms with van der Waals surface area (Å²) in [4.78, 5) is 17.4. The highest BCUT2D eigenvalue weighted by Crippen LogP contribution is 2.37. The third kappa shape index (κ3) is 3.13. The maximum absolute atomic E-state index is 10.8. The molecule has 2 heterocycles. The van der Waals surface area contributed by atoms with Gasteiger partial charge in [0.1, 0.15) is 0 Å². The number of carbonyl (C=O) groups is 1. The Balaban J connectivity index is 1.97. The normalized spacial score (nSPS) is 18.6. The van der Waals surface area contributed by atoms with Crippen molar-refractivity contribution in [1.82, 2.24) is 9.88 Å². The standard InChI is InChI=1S/C15H22N2O2/c1-3-15(4-2)7-8-17(11-15)10-13-6-5-12(9-16-13)14(18)19/h5-6,9H,3-4,7-8,10-11H2,1-2H3,(H,18,19). The fourth-order valence-corrected chi connectivity index (χ4v) is 2.86. The van der Waals surface area contributed by atoms with Gasteiger partial charge in [-0.15, -0.1) is 0 Å². The summed E-state index contributed by atoms with van der Waals surface area (Å²) in [5, 5.41) is 8.84. The van der Waals surface area contributed by atoms with Crippen LogP contribution >= 0.6 is 0 Å². The summed E-state index contributed by atoms with van der Waals surface area (Å²) in [7, 11) is 0. The number of carboxylic acid groups (broad SMARTS) is 1. The summed E-state index contributed by atoms with van der Waals surface area (Å²) in [6.45, 7) is 7.61. The molecule has 1 saturated heterocycles. The Kier molecular flexibility index (Phi) is 4.20. The van der Waals surface area contributed by atoms with E-state index in [2.05, 4.69) is 23.7 Å². The van der Waals surface area contributed by atoms with E-state index in [1.54, 1.807) is 6.07 Å². The van der Waals surface area contributed by atoms with Gasteiger partial charge in [0.15, 0.2) is 0 Å². The number of aromatic nitrogens is 1. The van der Waals surface area contributed by atoms with Crippen LogP contribution in [0.1, 0.15) is 49.2 Å². The average molecular weight is 262 g/mol. The van der Waals surface area contributed by atoms with Crippen LogP contribution in [0.3, 0.4) is 0 Å². The van der Waals surface area contributed by atoms with E-state index in [9.17, 15) is 4.79 Å². The second-order valence-electron chi connectivity index (χ2n) is 5.51.